The fraction of sp³-hybridized carbons (Fsp3) is 0.571. The minimum absolute atomic E-state index is 0.0187. The Kier molecular flexibility index (Phi) is 5.44. The minimum atomic E-state index is -3.51. The largest absolute Gasteiger partial charge is 0.530 e. The Morgan fingerprint density at radius 3 is 2.47 bits per heavy atom. The molecular weight excluding hydrogens is 263 g/mol. The van der Waals surface area contributed by atoms with Gasteiger partial charge in [-0.1, -0.05) is 37.5 Å². The van der Waals surface area contributed by atoms with Crippen molar-refractivity contribution in [2.24, 2.45) is 0 Å². The zero-order valence-electron chi connectivity index (χ0n) is 11.3. The van der Waals surface area contributed by atoms with Gasteiger partial charge in [-0.25, -0.2) is 4.57 Å². The minimum Gasteiger partial charge on any atom is -0.404 e. The molecular formula is C14H21O4P. The van der Waals surface area contributed by atoms with Crippen LogP contribution in [0.4, 0.5) is 0 Å². The number of rotatable bonds is 6. The lowest BCUT2D eigenvalue weighted by Crippen LogP contribution is -2.17. The average molecular weight is 284 g/mol. The second kappa shape index (κ2) is 7.09. The zero-order chi connectivity index (χ0) is 13.6. The SMILES string of the molecule is CCOP(=O)(Oc1ccccc1)OC1CCCCC1. The Morgan fingerprint density at radius 2 is 1.84 bits per heavy atom. The standard InChI is InChI=1S/C14H21O4P/c1-2-16-19(15,17-13-9-5-3-6-10-13)18-14-11-7-4-8-12-14/h3,5-6,9-10,14H,2,4,7-8,11-12H2,1H3. The number of hydrogen-bond donors (Lipinski definition) is 0. The van der Waals surface area contributed by atoms with Gasteiger partial charge in [0.1, 0.15) is 5.75 Å². The first kappa shape index (κ1) is 14.6. The van der Waals surface area contributed by atoms with Crippen molar-refractivity contribution in [2.75, 3.05) is 6.61 Å². The van der Waals surface area contributed by atoms with Gasteiger partial charge in [0, 0.05) is 0 Å². The van der Waals surface area contributed by atoms with Crippen LogP contribution < -0.4 is 4.52 Å². The van der Waals surface area contributed by atoms with Crippen LogP contribution in [0, 0.1) is 0 Å². The molecule has 0 heterocycles. The highest BCUT2D eigenvalue weighted by Crippen LogP contribution is 2.51. The van der Waals surface area contributed by atoms with E-state index in [1.54, 1.807) is 19.1 Å². The normalized spacial score (nSPS) is 19.8. The van der Waals surface area contributed by atoms with Crippen LogP contribution in [0.5, 0.6) is 5.75 Å². The van der Waals surface area contributed by atoms with E-state index < -0.39 is 7.82 Å². The molecule has 106 valence electrons. The van der Waals surface area contributed by atoms with Gasteiger partial charge in [-0.05, 0) is 31.9 Å². The smallest absolute Gasteiger partial charge is 0.404 e. The van der Waals surface area contributed by atoms with E-state index in [1.807, 2.05) is 18.2 Å². The molecule has 1 unspecified atom stereocenters. The van der Waals surface area contributed by atoms with E-state index in [2.05, 4.69) is 0 Å². The molecule has 2 rings (SSSR count). The molecule has 0 aromatic heterocycles. The van der Waals surface area contributed by atoms with E-state index in [-0.39, 0.29) is 6.10 Å². The van der Waals surface area contributed by atoms with Crippen LogP contribution in [0.25, 0.3) is 0 Å². The van der Waals surface area contributed by atoms with E-state index in [9.17, 15) is 4.57 Å². The van der Waals surface area contributed by atoms with Crippen molar-refractivity contribution >= 4 is 7.82 Å². The van der Waals surface area contributed by atoms with Gasteiger partial charge in [-0.15, -0.1) is 0 Å². The van der Waals surface area contributed by atoms with Crippen LogP contribution >= 0.6 is 7.82 Å². The Labute approximate surface area is 114 Å². The van der Waals surface area contributed by atoms with Gasteiger partial charge < -0.3 is 4.52 Å². The maximum atomic E-state index is 12.6. The van der Waals surface area contributed by atoms with E-state index in [0.29, 0.717) is 12.4 Å². The lowest BCUT2D eigenvalue weighted by Gasteiger charge is -2.26. The molecule has 0 bridgehead atoms. The number of hydrogen-bond acceptors (Lipinski definition) is 4. The third kappa shape index (κ3) is 4.64. The molecule has 0 saturated heterocycles. The predicted octanol–water partition coefficient (Wildman–Crippen LogP) is 4.56. The predicted molar refractivity (Wildman–Crippen MR) is 74.3 cm³/mol. The lowest BCUT2D eigenvalue weighted by atomic mass is 9.98. The number of para-hydroxylation sites is 1. The van der Waals surface area contributed by atoms with Crippen molar-refractivity contribution in [1.29, 1.82) is 0 Å². The molecule has 5 heteroatoms. The highest BCUT2D eigenvalue weighted by Gasteiger charge is 2.32. The van der Waals surface area contributed by atoms with Crippen molar-refractivity contribution in [1.82, 2.24) is 0 Å². The third-order valence-corrected chi connectivity index (χ3v) is 4.64. The summed E-state index contributed by atoms with van der Waals surface area (Å²) in [4.78, 5) is 0. The van der Waals surface area contributed by atoms with E-state index in [1.165, 1.54) is 6.42 Å². The topological polar surface area (TPSA) is 44.8 Å². The van der Waals surface area contributed by atoms with E-state index >= 15 is 0 Å². The maximum Gasteiger partial charge on any atom is 0.530 e. The quantitative estimate of drug-likeness (QED) is 0.718. The molecule has 4 nitrogen and oxygen atoms in total. The maximum absolute atomic E-state index is 12.6. The highest BCUT2D eigenvalue weighted by molar-refractivity contribution is 7.48. The van der Waals surface area contributed by atoms with Gasteiger partial charge in [0.2, 0.25) is 0 Å². The van der Waals surface area contributed by atoms with Crippen molar-refractivity contribution < 1.29 is 18.1 Å². The summed E-state index contributed by atoms with van der Waals surface area (Å²) in [7, 11) is -3.51. The lowest BCUT2D eigenvalue weighted by molar-refractivity contribution is 0.0892. The number of benzene rings is 1. The zero-order valence-corrected chi connectivity index (χ0v) is 12.2. The van der Waals surface area contributed by atoms with Gasteiger partial charge in [0.25, 0.3) is 0 Å². The molecule has 19 heavy (non-hydrogen) atoms. The van der Waals surface area contributed by atoms with Crippen LogP contribution in [0.3, 0.4) is 0 Å². The Morgan fingerprint density at radius 1 is 1.16 bits per heavy atom. The van der Waals surface area contributed by atoms with Gasteiger partial charge >= 0.3 is 7.82 Å². The Hall–Kier alpha value is -0.830. The summed E-state index contributed by atoms with van der Waals surface area (Å²) in [6.07, 6.45) is 5.28. The second-order valence-corrected chi connectivity index (χ2v) is 6.18. The van der Waals surface area contributed by atoms with Crippen molar-refractivity contribution in [3.05, 3.63) is 30.3 Å². The van der Waals surface area contributed by atoms with Crippen LogP contribution in [0.1, 0.15) is 39.0 Å². The van der Waals surface area contributed by atoms with Crippen molar-refractivity contribution in [3.63, 3.8) is 0 Å². The second-order valence-electron chi connectivity index (χ2n) is 4.63. The molecule has 0 spiro atoms. The van der Waals surface area contributed by atoms with Crippen LogP contribution in [-0.2, 0) is 13.6 Å². The van der Waals surface area contributed by atoms with Crippen molar-refractivity contribution in [2.45, 2.75) is 45.1 Å². The van der Waals surface area contributed by atoms with Gasteiger partial charge in [-0.2, -0.15) is 0 Å². The fourth-order valence-corrected chi connectivity index (χ4v) is 3.63. The summed E-state index contributed by atoms with van der Waals surface area (Å²) < 4.78 is 28.9. The third-order valence-electron chi connectivity index (χ3n) is 3.08. The van der Waals surface area contributed by atoms with Gasteiger partial charge in [-0.3, -0.25) is 9.05 Å². The summed E-state index contributed by atoms with van der Waals surface area (Å²) >= 11 is 0. The molecule has 0 amide bonds. The number of phosphoric ester groups is 1. The highest BCUT2D eigenvalue weighted by atomic mass is 31.2. The molecule has 1 saturated carbocycles. The first-order chi connectivity index (χ1) is 9.22. The summed E-state index contributed by atoms with van der Waals surface area (Å²) in [5, 5.41) is 0. The molecule has 1 aromatic carbocycles. The molecule has 1 aliphatic carbocycles. The summed E-state index contributed by atoms with van der Waals surface area (Å²) in [6.45, 7) is 2.09. The van der Waals surface area contributed by atoms with Gasteiger partial charge in [0.05, 0.1) is 12.7 Å². The molecule has 1 aliphatic rings. The number of phosphoric acid groups is 1. The molecule has 0 radical (unpaired) electrons. The van der Waals surface area contributed by atoms with E-state index in [0.717, 1.165) is 25.7 Å². The first-order valence-corrected chi connectivity index (χ1v) is 8.35. The monoisotopic (exact) mass is 284 g/mol. The molecule has 1 aromatic rings. The van der Waals surface area contributed by atoms with Crippen LogP contribution in [0.2, 0.25) is 0 Å². The van der Waals surface area contributed by atoms with Crippen molar-refractivity contribution in [3.8, 4) is 5.75 Å². The van der Waals surface area contributed by atoms with Crippen LogP contribution in [0.15, 0.2) is 30.3 Å². The van der Waals surface area contributed by atoms with E-state index in [4.69, 9.17) is 13.6 Å². The van der Waals surface area contributed by atoms with Gasteiger partial charge in [0.15, 0.2) is 0 Å². The summed E-state index contributed by atoms with van der Waals surface area (Å²) in [6, 6.07) is 9.02. The van der Waals surface area contributed by atoms with Crippen LogP contribution in [-0.4, -0.2) is 12.7 Å². The summed E-state index contributed by atoms with van der Waals surface area (Å²) in [5.41, 5.74) is 0. The fourth-order valence-electron chi connectivity index (χ4n) is 2.20. The first-order valence-electron chi connectivity index (χ1n) is 6.89. The average Bonchev–Trinajstić information content (AvgIpc) is 2.41. The molecule has 0 N–H and O–H groups in total. The Bertz CT molecular complexity index is 415. The molecule has 0 aliphatic heterocycles. The molecule has 1 fully saturated rings. The molecule has 1 atom stereocenters. The Balaban J connectivity index is 2.01. The summed E-state index contributed by atoms with van der Waals surface area (Å²) in [5.74, 6) is 0.509.